The summed E-state index contributed by atoms with van der Waals surface area (Å²) in [5.74, 6) is -1.17. The van der Waals surface area contributed by atoms with Crippen LogP contribution in [0.3, 0.4) is 0 Å². The van der Waals surface area contributed by atoms with E-state index >= 15 is 0 Å². The smallest absolute Gasteiger partial charge is 0.319 e. The van der Waals surface area contributed by atoms with Gasteiger partial charge in [0.25, 0.3) is 0 Å². The standard InChI is InChI=1S/C20H21F2IN2O2/c21-18-5-2-6-19(22)17(18)12-27-16-9-7-14(8-10-16)24-20(26)25-15-4-1-3-13(23)11-15/h1-6,11,14,16H,7-10,12H2,(H2,24,25,26)/t14-,16-. The summed E-state index contributed by atoms with van der Waals surface area (Å²) in [4.78, 5) is 12.1. The molecule has 27 heavy (non-hydrogen) atoms. The molecule has 144 valence electrons. The Morgan fingerprint density at radius 3 is 2.41 bits per heavy atom. The van der Waals surface area contributed by atoms with Gasteiger partial charge in [-0.3, -0.25) is 0 Å². The molecule has 2 N–H and O–H groups in total. The maximum Gasteiger partial charge on any atom is 0.319 e. The van der Waals surface area contributed by atoms with Gasteiger partial charge in [-0.15, -0.1) is 0 Å². The van der Waals surface area contributed by atoms with Crippen LogP contribution < -0.4 is 10.6 Å². The Labute approximate surface area is 170 Å². The SMILES string of the molecule is O=C(Nc1cccc(I)c1)N[C@H]1CC[C@H](OCc2c(F)cccc2F)CC1. The Hall–Kier alpha value is -1.74. The van der Waals surface area contributed by atoms with Gasteiger partial charge in [-0.1, -0.05) is 12.1 Å². The van der Waals surface area contributed by atoms with Crippen LogP contribution in [0.5, 0.6) is 0 Å². The van der Waals surface area contributed by atoms with Crippen molar-refractivity contribution in [3.05, 3.63) is 63.2 Å². The first-order valence-corrected chi connectivity index (χ1v) is 9.96. The Morgan fingerprint density at radius 2 is 1.74 bits per heavy atom. The minimum Gasteiger partial charge on any atom is -0.373 e. The van der Waals surface area contributed by atoms with Gasteiger partial charge in [-0.2, -0.15) is 0 Å². The van der Waals surface area contributed by atoms with Crippen molar-refractivity contribution in [3.8, 4) is 0 Å². The molecule has 3 rings (SSSR count). The number of nitrogens with one attached hydrogen (secondary N) is 2. The molecule has 0 heterocycles. The van der Waals surface area contributed by atoms with Gasteiger partial charge in [0.05, 0.1) is 12.7 Å². The number of hydrogen-bond donors (Lipinski definition) is 2. The van der Waals surface area contributed by atoms with Gasteiger partial charge < -0.3 is 15.4 Å². The number of amides is 2. The molecule has 2 aromatic rings. The number of anilines is 1. The fourth-order valence-corrected chi connectivity index (χ4v) is 3.71. The van der Waals surface area contributed by atoms with Crippen LogP contribution >= 0.6 is 22.6 Å². The van der Waals surface area contributed by atoms with Gasteiger partial charge in [0.1, 0.15) is 11.6 Å². The Bertz CT molecular complexity index is 775. The maximum atomic E-state index is 13.6. The summed E-state index contributed by atoms with van der Waals surface area (Å²) in [5, 5.41) is 5.80. The Morgan fingerprint density at radius 1 is 1.07 bits per heavy atom. The summed E-state index contributed by atoms with van der Waals surface area (Å²) in [6.45, 7) is -0.0750. The highest BCUT2D eigenvalue weighted by Crippen LogP contribution is 2.23. The summed E-state index contributed by atoms with van der Waals surface area (Å²) in [5.41, 5.74) is 0.720. The lowest BCUT2D eigenvalue weighted by molar-refractivity contribution is 0.00964. The minimum atomic E-state index is -0.586. The van der Waals surface area contributed by atoms with Gasteiger partial charge >= 0.3 is 6.03 Å². The molecule has 0 aromatic heterocycles. The second-order valence-corrected chi connectivity index (χ2v) is 7.84. The van der Waals surface area contributed by atoms with E-state index in [-0.39, 0.29) is 30.3 Å². The molecule has 1 aliphatic rings. The van der Waals surface area contributed by atoms with E-state index in [0.717, 1.165) is 34.9 Å². The van der Waals surface area contributed by atoms with Crippen LogP contribution in [0.1, 0.15) is 31.2 Å². The summed E-state index contributed by atoms with van der Waals surface area (Å²) < 4.78 is 34.0. The predicted molar refractivity (Wildman–Crippen MR) is 109 cm³/mol. The molecule has 7 heteroatoms. The van der Waals surface area contributed by atoms with E-state index in [2.05, 4.69) is 33.2 Å². The van der Waals surface area contributed by atoms with Crippen molar-refractivity contribution in [1.29, 1.82) is 0 Å². The van der Waals surface area contributed by atoms with Crippen LogP contribution in [0, 0.1) is 15.2 Å². The van der Waals surface area contributed by atoms with E-state index in [9.17, 15) is 13.6 Å². The second-order valence-electron chi connectivity index (χ2n) is 6.59. The van der Waals surface area contributed by atoms with Crippen LogP contribution in [0.2, 0.25) is 0 Å². The molecule has 0 spiro atoms. The number of benzene rings is 2. The highest BCUT2D eigenvalue weighted by molar-refractivity contribution is 14.1. The summed E-state index contributed by atoms with van der Waals surface area (Å²) in [7, 11) is 0. The van der Waals surface area contributed by atoms with Gasteiger partial charge in [-0.05, 0) is 78.6 Å². The number of ether oxygens (including phenoxy) is 1. The maximum absolute atomic E-state index is 13.6. The molecule has 0 radical (unpaired) electrons. The minimum absolute atomic E-state index is 0.0328. The van der Waals surface area contributed by atoms with Crippen molar-refractivity contribution in [1.82, 2.24) is 5.32 Å². The normalized spacial score (nSPS) is 19.5. The zero-order valence-electron chi connectivity index (χ0n) is 14.7. The van der Waals surface area contributed by atoms with Crippen LogP contribution in [0.25, 0.3) is 0 Å². The van der Waals surface area contributed by atoms with E-state index in [1.54, 1.807) is 0 Å². The first-order valence-electron chi connectivity index (χ1n) is 8.89. The number of rotatable bonds is 5. The fraction of sp³-hybridized carbons (Fsp3) is 0.350. The fourth-order valence-electron chi connectivity index (χ4n) is 3.16. The van der Waals surface area contributed by atoms with Gasteiger partial charge in [-0.25, -0.2) is 13.6 Å². The van der Waals surface area contributed by atoms with Crippen LogP contribution in [0.4, 0.5) is 19.3 Å². The third kappa shape index (κ3) is 5.87. The Balaban J connectivity index is 1.41. The number of carbonyl (C=O) groups excluding carboxylic acids is 1. The monoisotopic (exact) mass is 486 g/mol. The van der Waals surface area contributed by atoms with E-state index in [1.165, 1.54) is 18.2 Å². The van der Waals surface area contributed by atoms with Crippen molar-refractivity contribution >= 4 is 34.3 Å². The van der Waals surface area contributed by atoms with E-state index in [1.807, 2.05) is 24.3 Å². The van der Waals surface area contributed by atoms with Crippen molar-refractivity contribution in [2.75, 3.05) is 5.32 Å². The lowest BCUT2D eigenvalue weighted by Crippen LogP contribution is -2.41. The van der Waals surface area contributed by atoms with Crippen LogP contribution in [-0.4, -0.2) is 18.2 Å². The first-order chi connectivity index (χ1) is 13.0. The molecule has 0 unspecified atom stereocenters. The van der Waals surface area contributed by atoms with Crippen LogP contribution in [-0.2, 0) is 11.3 Å². The highest BCUT2D eigenvalue weighted by Gasteiger charge is 2.23. The molecule has 0 aliphatic heterocycles. The average molecular weight is 486 g/mol. The number of carbonyl (C=O) groups is 1. The van der Waals surface area contributed by atoms with Gasteiger partial charge in [0.2, 0.25) is 0 Å². The Kier molecular flexibility index (Phi) is 7.01. The average Bonchev–Trinajstić information content (AvgIpc) is 2.62. The molecular weight excluding hydrogens is 465 g/mol. The third-order valence-electron chi connectivity index (χ3n) is 4.62. The van der Waals surface area contributed by atoms with Crippen LogP contribution in [0.15, 0.2) is 42.5 Å². The van der Waals surface area contributed by atoms with Crippen molar-refractivity contribution in [2.45, 2.75) is 44.4 Å². The topological polar surface area (TPSA) is 50.4 Å². The zero-order valence-corrected chi connectivity index (χ0v) is 16.8. The summed E-state index contributed by atoms with van der Waals surface area (Å²) >= 11 is 2.19. The molecule has 1 saturated carbocycles. The molecule has 0 bridgehead atoms. The summed E-state index contributed by atoms with van der Waals surface area (Å²) in [6, 6.07) is 11.2. The third-order valence-corrected chi connectivity index (χ3v) is 5.29. The molecule has 0 saturated heterocycles. The number of hydrogen-bond acceptors (Lipinski definition) is 2. The largest absolute Gasteiger partial charge is 0.373 e. The first kappa shape index (κ1) is 20.0. The molecule has 2 aromatic carbocycles. The summed E-state index contributed by atoms with van der Waals surface area (Å²) in [6.07, 6.45) is 2.96. The molecular formula is C20H21F2IN2O2. The predicted octanol–water partition coefficient (Wildman–Crippen LogP) is 5.22. The number of halogens is 3. The van der Waals surface area contributed by atoms with Gasteiger partial charge in [0, 0.05) is 20.9 Å². The molecule has 1 fully saturated rings. The lowest BCUT2D eigenvalue weighted by atomic mass is 9.93. The molecule has 2 amide bonds. The highest BCUT2D eigenvalue weighted by atomic mass is 127. The molecule has 0 atom stereocenters. The molecule has 4 nitrogen and oxygen atoms in total. The second kappa shape index (κ2) is 9.45. The van der Waals surface area contributed by atoms with Crippen molar-refractivity contribution in [2.24, 2.45) is 0 Å². The van der Waals surface area contributed by atoms with Gasteiger partial charge in [0.15, 0.2) is 0 Å². The number of urea groups is 1. The zero-order chi connectivity index (χ0) is 19.2. The van der Waals surface area contributed by atoms with E-state index in [0.29, 0.717) is 0 Å². The molecule has 1 aliphatic carbocycles. The lowest BCUT2D eigenvalue weighted by Gasteiger charge is -2.29. The van der Waals surface area contributed by atoms with Crippen molar-refractivity contribution in [3.63, 3.8) is 0 Å². The van der Waals surface area contributed by atoms with E-state index in [4.69, 9.17) is 4.74 Å². The quantitative estimate of drug-likeness (QED) is 0.570. The van der Waals surface area contributed by atoms with Crippen molar-refractivity contribution < 1.29 is 18.3 Å². The van der Waals surface area contributed by atoms with E-state index < -0.39 is 11.6 Å².